The molecule has 1 rings (SSSR count). The maximum absolute atomic E-state index is 3.72. The Bertz CT molecular complexity index is 81.6. The Morgan fingerprint density at radius 2 is 1.00 bits per heavy atom. The van der Waals surface area contributed by atoms with Crippen LogP contribution >= 0.6 is 12.4 Å². The number of nitrogens with zero attached hydrogens (tertiary/aromatic N) is 2. The molecule has 0 fully saturated rings. The second-order valence-electron chi connectivity index (χ2n) is 0.894. The van der Waals surface area contributed by atoms with Gasteiger partial charge in [0.2, 0.25) is 0 Å². The van der Waals surface area contributed by atoms with Gasteiger partial charge in [-0.3, -0.25) is 9.97 Å². The van der Waals surface area contributed by atoms with Crippen LogP contribution in [0.4, 0.5) is 0 Å². The predicted octanol–water partition coefficient (Wildman–Crippen LogP) is 0.898. The molecule has 38 valence electrons. The molecule has 0 atom stereocenters. The minimum Gasteiger partial charge on any atom is -0.262 e. The van der Waals surface area contributed by atoms with E-state index >= 15 is 0 Å². The van der Waals surface area contributed by atoms with E-state index in [0.29, 0.717) is 0 Å². The molecular formula is C4H5ClN2. The predicted molar refractivity (Wildman–Crippen MR) is 29.3 cm³/mol. The molecule has 0 aliphatic heterocycles. The van der Waals surface area contributed by atoms with Gasteiger partial charge in [0, 0.05) is 24.8 Å². The summed E-state index contributed by atoms with van der Waals surface area (Å²) in [5, 5.41) is 0. The number of halogens is 1. The van der Waals surface area contributed by atoms with Crippen LogP contribution in [0.25, 0.3) is 0 Å². The molecule has 3 heteroatoms. The van der Waals surface area contributed by atoms with Crippen molar-refractivity contribution in [3.8, 4) is 0 Å². The highest BCUT2D eigenvalue weighted by atomic mass is 35.5. The summed E-state index contributed by atoms with van der Waals surface area (Å²) in [6, 6.07) is 0. The van der Waals surface area contributed by atoms with Gasteiger partial charge in [0.1, 0.15) is 0 Å². The molecule has 0 aromatic carbocycles. The van der Waals surface area contributed by atoms with E-state index in [-0.39, 0.29) is 12.4 Å². The van der Waals surface area contributed by atoms with Crippen LogP contribution in [0.3, 0.4) is 0 Å². The zero-order valence-corrected chi connectivity index (χ0v) is 4.43. The zero-order chi connectivity index (χ0) is 4.24. The van der Waals surface area contributed by atoms with E-state index in [2.05, 4.69) is 9.97 Å². The fraction of sp³-hybridized carbons (Fsp3) is 0. The fourth-order valence-electron chi connectivity index (χ4n) is 0.253. The van der Waals surface area contributed by atoms with Gasteiger partial charge in [-0.25, -0.2) is 0 Å². The smallest absolute Gasteiger partial charge is 0.0451 e. The van der Waals surface area contributed by atoms with Crippen molar-refractivity contribution in [3.63, 3.8) is 0 Å². The minimum atomic E-state index is 0. The van der Waals surface area contributed by atoms with Crippen molar-refractivity contribution < 1.29 is 0 Å². The monoisotopic (exact) mass is 116 g/mol. The van der Waals surface area contributed by atoms with Gasteiger partial charge in [-0.2, -0.15) is 0 Å². The molecule has 2 nitrogen and oxygen atoms in total. The molecule has 0 aliphatic rings. The molecule has 0 spiro atoms. The fourth-order valence-corrected chi connectivity index (χ4v) is 0.253. The van der Waals surface area contributed by atoms with Gasteiger partial charge in [-0.15, -0.1) is 12.4 Å². The summed E-state index contributed by atoms with van der Waals surface area (Å²) in [5.74, 6) is 0. The molecule has 0 unspecified atom stereocenters. The Morgan fingerprint density at radius 3 is 1.14 bits per heavy atom. The SMILES string of the molecule is Cl.c1cnccn1. The van der Waals surface area contributed by atoms with E-state index in [0.717, 1.165) is 0 Å². The van der Waals surface area contributed by atoms with Crippen LogP contribution in [0.1, 0.15) is 0 Å². The van der Waals surface area contributed by atoms with E-state index in [1.165, 1.54) is 0 Å². The molecule has 0 N–H and O–H groups in total. The standard InChI is InChI=1S/C4H4N2.ClH/c1-2-6-4-3-5-1;/h1-4H;1H. The number of rotatable bonds is 0. The van der Waals surface area contributed by atoms with Crippen molar-refractivity contribution in [1.29, 1.82) is 0 Å². The molecule has 0 bridgehead atoms. The average Bonchev–Trinajstić information content (AvgIpc) is 1.72. The minimum absolute atomic E-state index is 0. The van der Waals surface area contributed by atoms with Gasteiger partial charge < -0.3 is 0 Å². The first-order valence-corrected chi connectivity index (χ1v) is 1.70. The molecule has 1 heterocycles. The first kappa shape index (κ1) is 6.37. The molecule has 0 amide bonds. The first-order chi connectivity index (χ1) is 3.00. The van der Waals surface area contributed by atoms with E-state index in [9.17, 15) is 0 Å². The third-order valence-corrected chi connectivity index (χ3v) is 0.478. The second kappa shape index (κ2) is 3.56. The van der Waals surface area contributed by atoms with Crippen molar-refractivity contribution in [3.05, 3.63) is 24.8 Å². The van der Waals surface area contributed by atoms with Gasteiger partial charge in [0.25, 0.3) is 0 Å². The molecule has 0 saturated heterocycles. The Morgan fingerprint density at radius 1 is 0.714 bits per heavy atom. The quantitative estimate of drug-likeness (QED) is 0.503. The lowest BCUT2D eigenvalue weighted by Gasteiger charge is -1.70. The molecule has 7 heavy (non-hydrogen) atoms. The van der Waals surface area contributed by atoms with Crippen LogP contribution in [0.5, 0.6) is 0 Å². The van der Waals surface area contributed by atoms with Gasteiger partial charge >= 0.3 is 0 Å². The molecule has 1 aromatic heterocycles. The van der Waals surface area contributed by atoms with Crippen molar-refractivity contribution in [2.24, 2.45) is 0 Å². The molecule has 0 radical (unpaired) electrons. The van der Waals surface area contributed by atoms with Crippen LogP contribution < -0.4 is 0 Å². The first-order valence-electron chi connectivity index (χ1n) is 1.70. The largest absolute Gasteiger partial charge is 0.262 e. The lowest BCUT2D eigenvalue weighted by atomic mass is 10.8. The van der Waals surface area contributed by atoms with Crippen LogP contribution in [0.2, 0.25) is 0 Å². The Balaban J connectivity index is 0.000000360. The maximum Gasteiger partial charge on any atom is 0.0451 e. The zero-order valence-electron chi connectivity index (χ0n) is 3.61. The van der Waals surface area contributed by atoms with Gasteiger partial charge in [0.15, 0.2) is 0 Å². The van der Waals surface area contributed by atoms with Gasteiger partial charge in [-0.1, -0.05) is 0 Å². The summed E-state index contributed by atoms with van der Waals surface area (Å²) in [7, 11) is 0. The highest BCUT2D eigenvalue weighted by Crippen LogP contribution is 1.65. The van der Waals surface area contributed by atoms with E-state index in [1.807, 2.05) is 0 Å². The Kier molecular flexibility index (Phi) is 3.24. The summed E-state index contributed by atoms with van der Waals surface area (Å²) >= 11 is 0. The Hall–Kier alpha value is -0.630. The molecule has 1 aromatic rings. The average molecular weight is 117 g/mol. The summed E-state index contributed by atoms with van der Waals surface area (Å²) < 4.78 is 0. The molecular weight excluding hydrogens is 112 g/mol. The van der Waals surface area contributed by atoms with Crippen LogP contribution in [0.15, 0.2) is 24.8 Å². The number of aromatic nitrogens is 2. The highest BCUT2D eigenvalue weighted by Gasteiger charge is 1.59. The van der Waals surface area contributed by atoms with Crippen molar-refractivity contribution >= 4 is 12.4 Å². The number of hydrogen-bond acceptors (Lipinski definition) is 2. The lowest BCUT2D eigenvalue weighted by molar-refractivity contribution is 1.20. The van der Waals surface area contributed by atoms with Gasteiger partial charge in [0.05, 0.1) is 0 Å². The summed E-state index contributed by atoms with van der Waals surface area (Å²) in [6.07, 6.45) is 6.56. The Labute approximate surface area is 48.0 Å². The van der Waals surface area contributed by atoms with Crippen LogP contribution in [-0.4, -0.2) is 9.97 Å². The molecule has 0 aliphatic carbocycles. The van der Waals surface area contributed by atoms with E-state index < -0.39 is 0 Å². The normalized spacial score (nSPS) is 6.86. The van der Waals surface area contributed by atoms with Gasteiger partial charge in [-0.05, 0) is 0 Å². The topological polar surface area (TPSA) is 25.8 Å². The van der Waals surface area contributed by atoms with Crippen LogP contribution in [0, 0.1) is 0 Å². The third kappa shape index (κ3) is 2.11. The van der Waals surface area contributed by atoms with Crippen molar-refractivity contribution in [1.82, 2.24) is 9.97 Å². The highest BCUT2D eigenvalue weighted by molar-refractivity contribution is 5.85. The number of hydrogen-bond donors (Lipinski definition) is 0. The lowest BCUT2D eigenvalue weighted by Crippen LogP contribution is -1.66. The summed E-state index contributed by atoms with van der Waals surface area (Å²) in [6.45, 7) is 0. The molecule has 0 saturated carbocycles. The van der Waals surface area contributed by atoms with E-state index in [1.54, 1.807) is 24.8 Å². The van der Waals surface area contributed by atoms with Crippen LogP contribution in [-0.2, 0) is 0 Å². The third-order valence-electron chi connectivity index (χ3n) is 0.478. The summed E-state index contributed by atoms with van der Waals surface area (Å²) in [4.78, 5) is 7.44. The summed E-state index contributed by atoms with van der Waals surface area (Å²) in [5.41, 5.74) is 0. The second-order valence-corrected chi connectivity index (χ2v) is 0.894. The maximum atomic E-state index is 3.72. The van der Waals surface area contributed by atoms with E-state index in [4.69, 9.17) is 0 Å². The van der Waals surface area contributed by atoms with Crippen molar-refractivity contribution in [2.45, 2.75) is 0 Å². The van der Waals surface area contributed by atoms with Crippen molar-refractivity contribution in [2.75, 3.05) is 0 Å².